The van der Waals surface area contributed by atoms with Crippen molar-refractivity contribution in [1.29, 1.82) is 0 Å². The predicted octanol–water partition coefficient (Wildman–Crippen LogP) is 0.238. The summed E-state index contributed by atoms with van der Waals surface area (Å²) in [6.07, 6.45) is -0.295. The summed E-state index contributed by atoms with van der Waals surface area (Å²) in [5, 5.41) is 19.1. The van der Waals surface area contributed by atoms with E-state index in [4.69, 9.17) is 4.74 Å². The van der Waals surface area contributed by atoms with Crippen molar-refractivity contribution in [2.75, 3.05) is 13.2 Å². The summed E-state index contributed by atoms with van der Waals surface area (Å²) < 4.78 is 5.37. The molecule has 2 bridgehead atoms. The van der Waals surface area contributed by atoms with Crippen molar-refractivity contribution in [3.63, 3.8) is 0 Å². The van der Waals surface area contributed by atoms with Gasteiger partial charge in [0.25, 0.3) is 5.91 Å². The van der Waals surface area contributed by atoms with Crippen LogP contribution in [0.25, 0.3) is 0 Å². The fraction of sp³-hybridized carbons (Fsp3) is 0.846. The van der Waals surface area contributed by atoms with Gasteiger partial charge in [0.1, 0.15) is 5.54 Å². The predicted molar refractivity (Wildman–Crippen MR) is 66.5 cm³/mol. The first-order valence-electron chi connectivity index (χ1n) is 6.53. The number of aliphatic hydroxyl groups is 1. The van der Waals surface area contributed by atoms with E-state index in [2.05, 4.69) is 0 Å². The number of ether oxygens (including phenoxy) is 1. The van der Waals surface area contributed by atoms with E-state index in [1.54, 1.807) is 0 Å². The number of hydrogen-bond donors (Lipinski definition) is 2. The first kappa shape index (κ1) is 14.3. The van der Waals surface area contributed by atoms with Gasteiger partial charge in [-0.2, -0.15) is 0 Å². The maximum atomic E-state index is 12.1. The lowest BCUT2D eigenvalue weighted by atomic mass is 9.73. The highest BCUT2D eigenvalue weighted by Crippen LogP contribution is 2.50. The Bertz CT molecular complexity index is 394. The summed E-state index contributed by atoms with van der Waals surface area (Å²) in [6.45, 7) is 5.80. The zero-order valence-corrected chi connectivity index (χ0v) is 11.5. The minimum Gasteiger partial charge on any atom is -0.479 e. The van der Waals surface area contributed by atoms with Gasteiger partial charge in [-0.3, -0.25) is 4.79 Å². The second-order valence-electron chi connectivity index (χ2n) is 6.50. The molecule has 1 saturated carbocycles. The Balaban J connectivity index is 1.98. The topological polar surface area (TPSA) is 87.1 Å². The molecule has 6 nitrogen and oxygen atoms in total. The molecule has 0 aromatic carbocycles. The van der Waals surface area contributed by atoms with E-state index in [0.29, 0.717) is 19.4 Å². The summed E-state index contributed by atoms with van der Waals surface area (Å²) >= 11 is 0. The van der Waals surface area contributed by atoms with Crippen molar-refractivity contribution in [3.05, 3.63) is 0 Å². The maximum absolute atomic E-state index is 12.1. The summed E-state index contributed by atoms with van der Waals surface area (Å²) in [5.41, 5.74) is -1.52. The molecule has 2 saturated heterocycles. The molecule has 0 aromatic heterocycles. The number of carboxylic acids is 1. The molecule has 2 heterocycles. The SMILES string of the molecule is CC(C)(C)OC[C@@H](O)C(=O)N1CC2CC1(C(=O)O)C2. The Morgan fingerprint density at radius 1 is 1.42 bits per heavy atom. The van der Waals surface area contributed by atoms with Gasteiger partial charge in [0.05, 0.1) is 12.2 Å². The van der Waals surface area contributed by atoms with E-state index < -0.39 is 29.1 Å². The molecule has 3 fully saturated rings. The summed E-state index contributed by atoms with van der Waals surface area (Å²) in [6, 6.07) is 0. The van der Waals surface area contributed by atoms with Crippen LogP contribution >= 0.6 is 0 Å². The Kier molecular flexibility index (Phi) is 3.35. The van der Waals surface area contributed by atoms with Crippen molar-refractivity contribution in [1.82, 2.24) is 4.90 Å². The molecule has 1 amide bonds. The molecular formula is C13H21NO5. The van der Waals surface area contributed by atoms with Gasteiger partial charge in [-0.1, -0.05) is 0 Å². The summed E-state index contributed by atoms with van der Waals surface area (Å²) in [4.78, 5) is 24.8. The molecular weight excluding hydrogens is 250 g/mol. The third kappa shape index (κ3) is 2.47. The molecule has 0 radical (unpaired) electrons. The van der Waals surface area contributed by atoms with Gasteiger partial charge in [0, 0.05) is 6.54 Å². The smallest absolute Gasteiger partial charge is 0.329 e. The van der Waals surface area contributed by atoms with Crippen LogP contribution in [0.2, 0.25) is 0 Å². The average molecular weight is 271 g/mol. The van der Waals surface area contributed by atoms with Gasteiger partial charge in [0.2, 0.25) is 0 Å². The minimum atomic E-state index is -1.30. The monoisotopic (exact) mass is 271 g/mol. The highest BCUT2D eigenvalue weighted by Gasteiger charge is 2.63. The summed E-state index contributed by atoms with van der Waals surface area (Å²) in [5.74, 6) is -1.25. The first-order chi connectivity index (χ1) is 8.66. The van der Waals surface area contributed by atoms with Gasteiger partial charge < -0.3 is 19.8 Å². The van der Waals surface area contributed by atoms with Crippen molar-refractivity contribution in [2.45, 2.75) is 50.9 Å². The van der Waals surface area contributed by atoms with Crippen LogP contribution in [-0.4, -0.2) is 57.4 Å². The molecule has 1 atom stereocenters. The largest absolute Gasteiger partial charge is 0.479 e. The van der Waals surface area contributed by atoms with Crippen LogP contribution in [-0.2, 0) is 14.3 Å². The second-order valence-corrected chi connectivity index (χ2v) is 6.50. The van der Waals surface area contributed by atoms with E-state index in [1.165, 1.54) is 4.90 Å². The third-order valence-electron chi connectivity index (χ3n) is 3.83. The zero-order chi connectivity index (χ0) is 14.4. The molecule has 2 N–H and O–H groups in total. The van der Waals surface area contributed by atoms with Crippen molar-refractivity contribution in [2.24, 2.45) is 5.92 Å². The van der Waals surface area contributed by atoms with E-state index in [9.17, 15) is 19.8 Å². The highest BCUT2D eigenvalue weighted by molar-refractivity contribution is 5.91. The molecule has 19 heavy (non-hydrogen) atoms. The number of rotatable bonds is 4. The van der Waals surface area contributed by atoms with Gasteiger partial charge >= 0.3 is 5.97 Å². The van der Waals surface area contributed by atoms with Crippen LogP contribution in [0, 0.1) is 5.92 Å². The van der Waals surface area contributed by atoms with Crippen LogP contribution in [0.15, 0.2) is 0 Å². The Hall–Kier alpha value is -1.14. The minimum absolute atomic E-state index is 0.112. The fourth-order valence-electron chi connectivity index (χ4n) is 2.85. The van der Waals surface area contributed by atoms with E-state index >= 15 is 0 Å². The highest BCUT2D eigenvalue weighted by atomic mass is 16.5. The number of amides is 1. The van der Waals surface area contributed by atoms with Crippen LogP contribution in [0.5, 0.6) is 0 Å². The van der Waals surface area contributed by atoms with Gasteiger partial charge in [-0.25, -0.2) is 4.79 Å². The standard InChI is InChI=1S/C13H21NO5/c1-12(2,3)19-7-9(15)10(16)14-6-8-4-13(14,5-8)11(17)18/h8-9,15H,4-7H2,1-3H3,(H,17,18)/t8?,9-,13?/m1/s1. The quantitative estimate of drug-likeness (QED) is 0.764. The van der Waals surface area contributed by atoms with E-state index in [-0.39, 0.29) is 12.5 Å². The maximum Gasteiger partial charge on any atom is 0.329 e. The second kappa shape index (κ2) is 4.45. The van der Waals surface area contributed by atoms with E-state index in [0.717, 1.165) is 0 Å². The molecule has 0 unspecified atom stereocenters. The lowest BCUT2D eigenvalue weighted by molar-refractivity contribution is -0.164. The Morgan fingerprint density at radius 3 is 2.47 bits per heavy atom. The average Bonchev–Trinajstić information content (AvgIpc) is 2.78. The number of carbonyl (C=O) groups excluding carboxylic acids is 1. The number of aliphatic hydroxyl groups excluding tert-OH is 1. The molecule has 108 valence electrons. The van der Waals surface area contributed by atoms with Crippen LogP contribution in [0.4, 0.5) is 0 Å². The molecule has 0 spiro atoms. The molecule has 3 aliphatic rings. The number of carbonyl (C=O) groups is 2. The lowest BCUT2D eigenvalue weighted by Crippen LogP contribution is -2.57. The van der Waals surface area contributed by atoms with Gasteiger partial charge in [0.15, 0.2) is 6.10 Å². The Labute approximate surface area is 112 Å². The number of carboxylic acid groups (broad SMARTS) is 1. The summed E-state index contributed by atoms with van der Waals surface area (Å²) in [7, 11) is 0. The molecule has 6 heteroatoms. The normalized spacial score (nSPS) is 30.9. The number of fused-ring (bicyclic) bond motifs is 1. The molecule has 2 aliphatic heterocycles. The molecule has 0 aromatic rings. The number of aliphatic carboxylic acids is 1. The van der Waals surface area contributed by atoms with Crippen molar-refractivity contribution < 1.29 is 24.5 Å². The lowest BCUT2D eigenvalue weighted by Gasteiger charge is -2.38. The van der Waals surface area contributed by atoms with Crippen LogP contribution < -0.4 is 0 Å². The van der Waals surface area contributed by atoms with Crippen molar-refractivity contribution in [3.8, 4) is 0 Å². The zero-order valence-electron chi connectivity index (χ0n) is 11.5. The number of hydrogen-bond acceptors (Lipinski definition) is 4. The van der Waals surface area contributed by atoms with Crippen LogP contribution in [0.3, 0.4) is 0 Å². The molecule has 1 aliphatic carbocycles. The Morgan fingerprint density at radius 2 is 2.00 bits per heavy atom. The fourth-order valence-corrected chi connectivity index (χ4v) is 2.85. The first-order valence-corrected chi connectivity index (χ1v) is 6.53. The molecule has 3 rings (SSSR count). The van der Waals surface area contributed by atoms with E-state index in [1.807, 2.05) is 20.8 Å². The van der Waals surface area contributed by atoms with Crippen LogP contribution in [0.1, 0.15) is 33.6 Å². The third-order valence-corrected chi connectivity index (χ3v) is 3.83. The van der Waals surface area contributed by atoms with Gasteiger partial charge in [-0.15, -0.1) is 0 Å². The van der Waals surface area contributed by atoms with Gasteiger partial charge in [-0.05, 0) is 39.5 Å². The van der Waals surface area contributed by atoms with Crippen molar-refractivity contribution >= 4 is 11.9 Å². The number of nitrogens with zero attached hydrogens (tertiary/aromatic N) is 1.